The Morgan fingerprint density at radius 1 is 1.08 bits per heavy atom. The summed E-state index contributed by atoms with van der Waals surface area (Å²) in [4.78, 5) is 12.2. The molecule has 1 heterocycles. The monoisotopic (exact) mass is 339 g/mol. The molecule has 1 amide bonds. The van der Waals surface area contributed by atoms with Gasteiger partial charge < -0.3 is 10.1 Å². The first-order valence-corrected chi connectivity index (χ1v) is 7.20. The zero-order valence-electron chi connectivity index (χ0n) is 12.3. The topological polar surface area (TPSA) is 38.3 Å². The molecule has 7 heteroatoms. The molecule has 126 valence electrons. The molecule has 1 N–H and O–H groups in total. The van der Waals surface area contributed by atoms with Crippen LogP contribution in [-0.4, -0.2) is 18.6 Å². The fraction of sp³-hybridized carbons (Fsp3) is 0.235. The summed E-state index contributed by atoms with van der Waals surface area (Å²) in [6, 6.07) is 9.68. The molecule has 1 saturated heterocycles. The summed E-state index contributed by atoms with van der Waals surface area (Å²) in [5.41, 5.74) is -0.770. The third-order valence-corrected chi connectivity index (χ3v) is 3.81. The third kappa shape index (κ3) is 3.26. The average molecular weight is 339 g/mol. The van der Waals surface area contributed by atoms with Crippen molar-refractivity contribution in [3.05, 3.63) is 71.0 Å². The van der Waals surface area contributed by atoms with Crippen LogP contribution in [0.25, 0.3) is 0 Å². The number of ether oxygens (including phenoxy) is 1. The van der Waals surface area contributed by atoms with Crippen molar-refractivity contribution in [2.24, 2.45) is 0 Å². The number of hydrogen-bond acceptors (Lipinski definition) is 2. The molecule has 3 nitrogen and oxygen atoms in total. The highest BCUT2D eigenvalue weighted by Crippen LogP contribution is 2.33. The molecule has 1 aliphatic rings. The van der Waals surface area contributed by atoms with E-state index in [2.05, 4.69) is 5.32 Å². The van der Waals surface area contributed by atoms with Crippen molar-refractivity contribution in [2.45, 2.75) is 18.3 Å². The lowest BCUT2D eigenvalue weighted by atomic mass is 9.97. The van der Waals surface area contributed by atoms with Gasteiger partial charge in [0, 0.05) is 0 Å². The molecular formula is C17H13F4NO2. The summed E-state index contributed by atoms with van der Waals surface area (Å²) in [5.74, 6) is -1.22. The lowest BCUT2D eigenvalue weighted by molar-refractivity contribution is -0.138. The Labute approximate surface area is 135 Å². The molecule has 0 aliphatic carbocycles. The second-order valence-corrected chi connectivity index (χ2v) is 5.43. The Bertz CT molecular complexity index is 743. The largest absolute Gasteiger partial charge is 0.417 e. The van der Waals surface area contributed by atoms with Crippen LogP contribution in [0.2, 0.25) is 0 Å². The standard InChI is InChI=1S/C17H13F4NO2/c18-11-7-5-10(6-8-11)15-14(9-24-15)22-16(23)12-3-1-2-4-13(12)17(19,20)21/h1-8,14-15H,9H2,(H,22,23)/t14?,15-/m1/s1. The van der Waals surface area contributed by atoms with Crippen LogP contribution in [0.4, 0.5) is 17.6 Å². The average Bonchev–Trinajstić information content (AvgIpc) is 2.52. The highest BCUT2D eigenvalue weighted by Gasteiger charge is 2.38. The van der Waals surface area contributed by atoms with Crippen LogP contribution in [0, 0.1) is 5.82 Å². The van der Waals surface area contributed by atoms with E-state index in [9.17, 15) is 22.4 Å². The highest BCUT2D eigenvalue weighted by molar-refractivity contribution is 5.96. The Balaban J connectivity index is 1.75. The predicted octanol–water partition coefficient (Wildman–Crippen LogP) is 3.71. The fourth-order valence-corrected chi connectivity index (χ4v) is 2.56. The second kappa shape index (κ2) is 6.24. The van der Waals surface area contributed by atoms with E-state index in [4.69, 9.17) is 4.74 Å². The Hall–Kier alpha value is -2.41. The van der Waals surface area contributed by atoms with Crippen molar-refractivity contribution in [3.63, 3.8) is 0 Å². The number of rotatable bonds is 3. The minimum atomic E-state index is -4.61. The maximum atomic E-state index is 13.0. The number of benzene rings is 2. The van der Waals surface area contributed by atoms with Crippen molar-refractivity contribution < 1.29 is 27.1 Å². The first-order valence-electron chi connectivity index (χ1n) is 7.20. The van der Waals surface area contributed by atoms with Gasteiger partial charge in [-0.1, -0.05) is 24.3 Å². The normalized spacial score (nSPS) is 20.3. The number of amides is 1. The van der Waals surface area contributed by atoms with Gasteiger partial charge in [0.25, 0.3) is 5.91 Å². The van der Waals surface area contributed by atoms with Gasteiger partial charge in [-0.3, -0.25) is 4.79 Å². The van der Waals surface area contributed by atoms with Gasteiger partial charge in [-0.25, -0.2) is 4.39 Å². The number of halogens is 4. The van der Waals surface area contributed by atoms with Crippen LogP contribution in [0.1, 0.15) is 27.6 Å². The van der Waals surface area contributed by atoms with E-state index in [-0.39, 0.29) is 6.61 Å². The van der Waals surface area contributed by atoms with Crippen molar-refractivity contribution >= 4 is 5.91 Å². The molecule has 2 aromatic carbocycles. The van der Waals surface area contributed by atoms with Crippen molar-refractivity contribution in [1.82, 2.24) is 5.32 Å². The molecule has 0 bridgehead atoms. The molecule has 2 atom stereocenters. The maximum absolute atomic E-state index is 13.0. The third-order valence-electron chi connectivity index (χ3n) is 3.81. The van der Waals surface area contributed by atoms with Gasteiger partial charge in [-0.2, -0.15) is 13.2 Å². The summed E-state index contributed by atoms with van der Waals surface area (Å²) in [5, 5.41) is 2.55. The molecule has 1 fully saturated rings. The molecule has 2 aromatic rings. The van der Waals surface area contributed by atoms with Gasteiger partial charge in [0.15, 0.2) is 0 Å². The van der Waals surface area contributed by atoms with Crippen molar-refractivity contribution in [3.8, 4) is 0 Å². The summed E-state index contributed by atoms with van der Waals surface area (Å²) in [6.45, 7) is 0.183. The zero-order chi connectivity index (χ0) is 17.3. The van der Waals surface area contributed by atoms with Gasteiger partial charge in [0.05, 0.1) is 23.8 Å². The minimum absolute atomic E-state index is 0.183. The Morgan fingerprint density at radius 3 is 2.33 bits per heavy atom. The first-order chi connectivity index (χ1) is 11.4. The smallest absolute Gasteiger partial charge is 0.369 e. The van der Waals surface area contributed by atoms with Crippen LogP contribution in [0.15, 0.2) is 48.5 Å². The summed E-state index contributed by atoms with van der Waals surface area (Å²) < 4.78 is 57.2. The van der Waals surface area contributed by atoms with Gasteiger partial charge in [-0.15, -0.1) is 0 Å². The van der Waals surface area contributed by atoms with E-state index in [1.165, 1.54) is 36.4 Å². The number of carbonyl (C=O) groups is 1. The van der Waals surface area contributed by atoms with Gasteiger partial charge >= 0.3 is 6.18 Å². The van der Waals surface area contributed by atoms with E-state index in [0.29, 0.717) is 5.56 Å². The van der Waals surface area contributed by atoms with Crippen molar-refractivity contribution in [2.75, 3.05) is 6.61 Å². The first kappa shape index (κ1) is 16.4. The lowest BCUT2D eigenvalue weighted by Crippen LogP contribution is -2.51. The molecule has 0 radical (unpaired) electrons. The molecule has 3 rings (SSSR count). The van der Waals surface area contributed by atoms with Crippen molar-refractivity contribution in [1.29, 1.82) is 0 Å². The van der Waals surface area contributed by atoms with E-state index < -0.39 is 41.2 Å². The highest BCUT2D eigenvalue weighted by atomic mass is 19.4. The molecule has 0 saturated carbocycles. The molecule has 1 unspecified atom stereocenters. The second-order valence-electron chi connectivity index (χ2n) is 5.43. The Morgan fingerprint density at radius 2 is 1.75 bits per heavy atom. The molecule has 24 heavy (non-hydrogen) atoms. The van der Waals surface area contributed by atoms with E-state index in [1.807, 2.05) is 0 Å². The summed E-state index contributed by atoms with van der Waals surface area (Å²) in [6.07, 6.45) is -5.12. The molecule has 0 aromatic heterocycles. The van der Waals surface area contributed by atoms with Crippen LogP contribution in [0.3, 0.4) is 0 Å². The summed E-state index contributed by atoms with van der Waals surface area (Å²) in [7, 11) is 0. The molecule has 0 spiro atoms. The van der Waals surface area contributed by atoms with Crippen LogP contribution in [0.5, 0.6) is 0 Å². The molecule has 1 aliphatic heterocycles. The van der Waals surface area contributed by atoms with Crippen LogP contribution < -0.4 is 5.32 Å². The molecular weight excluding hydrogens is 326 g/mol. The van der Waals surface area contributed by atoms with E-state index in [0.717, 1.165) is 12.1 Å². The van der Waals surface area contributed by atoms with Gasteiger partial charge in [0.2, 0.25) is 0 Å². The lowest BCUT2D eigenvalue weighted by Gasteiger charge is -2.37. The SMILES string of the molecule is O=C(NC1CO[C@@H]1c1ccc(F)cc1)c1ccccc1C(F)(F)F. The van der Waals surface area contributed by atoms with Crippen LogP contribution in [-0.2, 0) is 10.9 Å². The number of alkyl halides is 3. The maximum Gasteiger partial charge on any atom is 0.417 e. The fourth-order valence-electron chi connectivity index (χ4n) is 2.56. The van der Waals surface area contributed by atoms with Gasteiger partial charge in [0.1, 0.15) is 11.9 Å². The Kier molecular flexibility index (Phi) is 4.28. The van der Waals surface area contributed by atoms with E-state index >= 15 is 0 Å². The number of hydrogen-bond donors (Lipinski definition) is 1. The number of nitrogens with one attached hydrogen (secondary N) is 1. The summed E-state index contributed by atoms with van der Waals surface area (Å²) >= 11 is 0. The number of carbonyl (C=O) groups excluding carboxylic acids is 1. The zero-order valence-corrected chi connectivity index (χ0v) is 12.3. The van der Waals surface area contributed by atoms with Gasteiger partial charge in [-0.05, 0) is 29.8 Å². The quantitative estimate of drug-likeness (QED) is 0.866. The minimum Gasteiger partial charge on any atom is -0.369 e. The van der Waals surface area contributed by atoms with Crippen LogP contribution >= 0.6 is 0 Å². The van der Waals surface area contributed by atoms with E-state index in [1.54, 1.807) is 0 Å². The predicted molar refractivity (Wildman–Crippen MR) is 77.8 cm³/mol.